The van der Waals surface area contributed by atoms with E-state index in [0.717, 1.165) is 25.7 Å². The molecule has 0 aromatic heterocycles. The summed E-state index contributed by atoms with van der Waals surface area (Å²) in [7, 11) is 2.02. The second-order valence-electron chi connectivity index (χ2n) is 5.75. The van der Waals surface area contributed by atoms with Gasteiger partial charge in [0.25, 0.3) is 0 Å². The van der Waals surface area contributed by atoms with Gasteiger partial charge in [0.1, 0.15) is 0 Å². The summed E-state index contributed by atoms with van der Waals surface area (Å²) in [5.74, 6) is 0. The van der Waals surface area contributed by atoms with E-state index in [1.807, 2.05) is 19.2 Å². The number of hydrogen-bond acceptors (Lipinski definition) is 1. The number of allylic oxidation sites excluding steroid dienone is 2. The summed E-state index contributed by atoms with van der Waals surface area (Å²) in [5.41, 5.74) is 6.72. The van der Waals surface area contributed by atoms with E-state index >= 15 is 0 Å². The van der Waals surface area contributed by atoms with Gasteiger partial charge in [-0.1, -0.05) is 80.6 Å². The maximum absolute atomic E-state index is 3.80. The average Bonchev–Trinajstić information content (AvgIpc) is 2.60. The van der Waals surface area contributed by atoms with E-state index in [-0.39, 0.29) is 0 Å². The molecule has 120 valence electrons. The highest BCUT2D eigenvalue weighted by Crippen LogP contribution is 2.28. The Hall–Kier alpha value is -2.28. The van der Waals surface area contributed by atoms with Gasteiger partial charge in [0.15, 0.2) is 0 Å². The van der Waals surface area contributed by atoms with Crippen molar-refractivity contribution in [3.05, 3.63) is 83.4 Å². The minimum Gasteiger partial charge on any atom is -0.387 e. The lowest BCUT2D eigenvalue weighted by atomic mass is 9.94. The second kappa shape index (κ2) is 8.99. The largest absolute Gasteiger partial charge is 0.387 e. The Balaban J connectivity index is 2.31. The monoisotopic (exact) mass is 305 g/mol. The van der Waals surface area contributed by atoms with Crippen LogP contribution in [0.4, 0.5) is 5.69 Å². The van der Waals surface area contributed by atoms with Crippen LogP contribution in [0.15, 0.2) is 61.2 Å². The van der Waals surface area contributed by atoms with Gasteiger partial charge in [0.05, 0.1) is 0 Å². The highest BCUT2D eigenvalue weighted by atomic mass is 14.8. The molecule has 0 fully saturated rings. The zero-order chi connectivity index (χ0) is 16.5. The van der Waals surface area contributed by atoms with Crippen LogP contribution >= 0.6 is 0 Å². The van der Waals surface area contributed by atoms with Gasteiger partial charge in [-0.05, 0) is 36.0 Å². The van der Waals surface area contributed by atoms with E-state index in [0.29, 0.717) is 0 Å². The Morgan fingerprint density at radius 1 is 0.957 bits per heavy atom. The molecule has 0 atom stereocenters. The predicted octanol–water partition coefficient (Wildman–Crippen LogP) is 5.67. The molecule has 0 unspecified atom stereocenters. The molecular formula is C22H27N. The number of rotatable bonds is 8. The molecule has 0 radical (unpaired) electrons. The maximum Gasteiger partial charge on any atom is 0.0446 e. The minimum atomic E-state index is 1.04. The topological polar surface area (TPSA) is 12.0 Å². The molecule has 0 aliphatic carbocycles. The normalized spacial score (nSPS) is 10.9. The molecule has 0 aliphatic rings. The van der Waals surface area contributed by atoms with Crippen molar-refractivity contribution in [3.8, 4) is 0 Å². The molecule has 2 rings (SSSR count). The van der Waals surface area contributed by atoms with Gasteiger partial charge >= 0.3 is 0 Å². The molecule has 0 heterocycles. The smallest absolute Gasteiger partial charge is 0.0446 e. The summed E-state index contributed by atoms with van der Waals surface area (Å²) >= 11 is 0. The molecule has 1 nitrogen and oxygen atoms in total. The fourth-order valence-electron chi connectivity index (χ4n) is 2.98. The number of aryl methyl sites for hydroxylation is 3. The zero-order valence-electron chi connectivity index (χ0n) is 14.3. The van der Waals surface area contributed by atoms with Gasteiger partial charge in [0, 0.05) is 18.3 Å². The first-order valence-corrected chi connectivity index (χ1v) is 8.45. The van der Waals surface area contributed by atoms with E-state index < -0.39 is 0 Å². The van der Waals surface area contributed by atoms with Crippen molar-refractivity contribution >= 4 is 11.8 Å². The molecule has 0 amide bonds. The zero-order valence-corrected chi connectivity index (χ0v) is 14.3. The maximum atomic E-state index is 3.80. The number of hydrogen-bond donors (Lipinski definition) is 1. The predicted molar refractivity (Wildman–Crippen MR) is 103 cm³/mol. The van der Waals surface area contributed by atoms with Crippen LogP contribution in [-0.4, -0.2) is 7.05 Å². The lowest BCUT2D eigenvalue weighted by molar-refractivity contribution is 0.912. The molecule has 0 saturated heterocycles. The molecule has 0 bridgehead atoms. The molecule has 2 aromatic carbocycles. The number of nitrogens with one attached hydrogen (secondary N) is 1. The minimum absolute atomic E-state index is 1.04. The molecule has 0 spiro atoms. The highest BCUT2D eigenvalue weighted by Gasteiger charge is 2.10. The van der Waals surface area contributed by atoms with Gasteiger partial charge in [-0.2, -0.15) is 0 Å². The van der Waals surface area contributed by atoms with Crippen LogP contribution in [0.3, 0.4) is 0 Å². The van der Waals surface area contributed by atoms with Gasteiger partial charge in [-0.25, -0.2) is 0 Å². The molecule has 1 heteroatoms. The Kier molecular flexibility index (Phi) is 6.68. The van der Waals surface area contributed by atoms with E-state index in [9.17, 15) is 0 Å². The van der Waals surface area contributed by atoms with Crippen molar-refractivity contribution in [3.63, 3.8) is 0 Å². The Morgan fingerprint density at radius 3 is 2.35 bits per heavy atom. The fraction of sp³-hybridized carbons (Fsp3) is 0.273. The van der Waals surface area contributed by atoms with Crippen LogP contribution in [0.2, 0.25) is 0 Å². The van der Waals surface area contributed by atoms with Crippen LogP contribution in [0, 0.1) is 0 Å². The Labute approximate surface area is 140 Å². The van der Waals surface area contributed by atoms with Crippen LogP contribution < -0.4 is 5.32 Å². The van der Waals surface area contributed by atoms with Gasteiger partial charge < -0.3 is 5.32 Å². The van der Waals surface area contributed by atoms with Crippen molar-refractivity contribution in [2.75, 3.05) is 12.4 Å². The van der Waals surface area contributed by atoms with Gasteiger partial charge in [-0.15, -0.1) is 0 Å². The quantitative estimate of drug-likeness (QED) is 0.620. The van der Waals surface area contributed by atoms with Crippen molar-refractivity contribution < 1.29 is 0 Å². The summed E-state index contributed by atoms with van der Waals surface area (Å²) in [5, 5.41) is 3.42. The average molecular weight is 305 g/mol. The Bertz CT molecular complexity index is 653. The van der Waals surface area contributed by atoms with Crippen LogP contribution in [-0.2, 0) is 19.3 Å². The lowest BCUT2D eigenvalue weighted by Gasteiger charge is -2.16. The third-order valence-electron chi connectivity index (χ3n) is 4.12. The molecule has 0 aliphatic heterocycles. The lowest BCUT2D eigenvalue weighted by Crippen LogP contribution is -2.03. The summed E-state index contributed by atoms with van der Waals surface area (Å²) in [6.07, 6.45) is 10.4. The van der Waals surface area contributed by atoms with E-state index in [1.165, 1.54) is 27.9 Å². The van der Waals surface area contributed by atoms with E-state index in [4.69, 9.17) is 0 Å². The van der Waals surface area contributed by atoms with Crippen LogP contribution in [0.1, 0.15) is 35.6 Å². The molecule has 2 aromatic rings. The summed E-state index contributed by atoms with van der Waals surface area (Å²) in [4.78, 5) is 0. The SMILES string of the molecule is C=C/C=C\c1c(CCC)ccc(CCc2ccccc2)c1NC. The van der Waals surface area contributed by atoms with Crippen molar-refractivity contribution in [1.29, 1.82) is 0 Å². The van der Waals surface area contributed by atoms with Crippen LogP contribution in [0.5, 0.6) is 0 Å². The van der Waals surface area contributed by atoms with Crippen molar-refractivity contribution in [1.82, 2.24) is 0 Å². The number of anilines is 1. The van der Waals surface area contributed by atoms with Crippen molar-refractivity contribution in [2.24, 2.45) is 0 Å². The summed E-state index contributed by atoms with van der Waals surface area (Å²) in [6.45, 7) is 6.02. The standard InChI is InChI=1S/C22H27N/c1-4-6-13-21-19(10-5-2)16-17-20(22(21)23-3)15-14-18-11-8-7-9-12-18/h4,6-9,11-13,16-17,23H,1,5,10,14-15H2,2-3H3/b13-6-. The van der Waals surface area contributed by atoms with Crippen molar-refractivity contribution in [2.45, 2.75) is 32.6 Å². The molecule has 0 saturated carbocycles. The molecular weight excluding hydrogens is 278 g/mol. The van der Waals surface area contributed by atoms with E-state index in [2.05, 4.69) is 67.4 Å². The highest BCUT2D eigenvalue weighted by molar-refractivity contribution is 5.73. The Morgan fingerprint density at radius 2 is 1.70 bits per heavy atom. The fourth-order valence-corrected chi connectivity index (χ4v) is 2.98. The molecule has 1 N–H and O–H groups in total. The third kappa shape index (κ3) is 4.59. The first-order chi connectivity index (χ1) is 11.3. The van der Waals surface area contributed by atoms with E-state index in [1.54, 1.807) is 0 Å². The van der Waals surface area contributed by atoms with Gasteiger partial charge in [-0.3, -0.25) is 0 Å². The first-order valence-electron chi connectivity index (χ1n) is 8.45. The third-order valence-corrected chi connectivity index (χ3v) is 4.12. The summed E-state index contributed by atoms with van der Waals surface area (Å²) < 4.78 is 0. The van der Waals surface area contributed by atoms with Gasteiger partial charge in [0.2, 0.25) is 0 Å². The first kappa shape index (κ1) is 17.1. The second-order valence-corrected chi connectivity index (χ2v) is 5.75. The summed E-state index contributed by atoms with van der Waals surface area (Å²) in [6, 6.07) is 15.2. The molecule has 23 heavy (non-hydrogen) atoms. The van der Waals surface area contributed by atoms with Crippen LogP contribution in [0.25, 0.3) is 6.08 Å². The number of benzene rings is 2.